The second-order valence-electron chi connectivity index (χ2n) is 1.44. The molecule has 0 aliphatic rings. The lowest BCUT2D eigenvalue weighted by atomic mass is 10.4. The minimum absolute atomic E-state index is 0.237. The van der Waals surface area contributed by atoms with Gasteiger partial charge < -0.3 is 10.5 Å². The molecule has 0 aromatic carbocycles. The van der Waals surface area contributed by atoms with E-state index in [4.69, 9.17) is 5.73 Å². The number of hydrogen-bond acceptors (Lipinski definition) is 3. The van der Waals surface area contributed by atoms with Crippen molar-refractivity contribution in [3.8, 4) is 0 Å². The third-order valence-electron chi connectivity index (χ3n) is 0.726. The monoisotopic (exact) mass is 189 g/mol. The topological polar surface area (TPSA) is 52.3 Å². The Balaban J connectivity index is -0.000000218. The van der Waals surface area contributed by atoms with E-state index in [9.17, 15) is 4.79 Å². The van der Waals surface area contributed by atoms with Gasteiger partial charge >= 0.3 is 5.97 Å². The van der Waals surface area contributed by atoms with Gasteiger partial charge in [0.2, 0.25) is 0 Å². The van der Waals surface area contributed by atoms with E-state index < -0.39 is 0 Å². The molecule has 0 aliphatic heterocycles. The van der Waals surface area contributed by atoms with Crippen LogP contribution in [-0.2, 0) is 9.53 Å². The van der Waals surface area contributed by atoms with Crippen molar-refractivity contribution in [1.82, 2.24) is 0 Å². The highest BCUT2D eigenvalue weighted by molar-refractivity contribution is 5.70. The van der Waals surface area contributed by atoms with Gasteiger partial charge in [0.1, 0.15) is 0 Å². The first kappa shape index (κ1) is 17.9. The van der Waals surface area contributed by atoms with Gasteiger partial charge in [-0.15, -0.1) is 0 Å². The van der Waals surface area contributed by atoms with Crippen LogP contribution >= 0.6 is 0 Å². The zero-order chi connectivity index (χ0) is 11.1. The molecule has 3 nitrogen and oxygen atoms in total. The Labute approximate surface area is 82.0 Å². The summed E-state index contributed by atoms with van der Waals surface area (Å²) in [5.74, 6) is -0.237. The Hall–Kier alpha value is -0.990. The molecule has 80 valence electrons. The molecule has 0 aliphatic carbocycles. The van der Waals surface area contributed by atoms with Crippen molar-refractivity contribution in [3.05, 3.63) is 12.3 Å². The van der Waals surface area contributed by atoms with E-state index >= 15 is 0 Å². The zero-order valence-corrected chi connectivity index (χ0v) is 9.46. The molecular weight excluding hydrogens is 166 g/mol. The lowest BCUT2D eigenvalue weighted by Crippen LogP contribution is -2.01. The summed E-state index contributed by atoms with van der Waals surface area (Å²) >= 11 is 0. The highest BCUT2D eigenvalue weighted by Gasteiger charge is 1.94. The zero-order valence-electron chi connectivity index (χ0n) is 9.46. The number of hydrogen-bond donors (Lipinski definition) is 1. The number of carbonyl (C=O) groups is 1. The Morgan fingerprint density at radius 3 is 2.08 bits per heavy atom. The van der Waals surface area contributed by atoms with Crippen molar-refractivity contribution >= 4 is 5.97 Å². The standard InChI is InChI=1S/C6H11NO2.2C2H6/c1-2-9-6(8)4-3-5-7;2*1-2/h3,5H,2,4,7H2,1H3;2*1-2H3/b5-3-;;. The molecule has 2 N–H and O–H groups in total. The highest BCUT2D eigenvalue weighted by atomic mass is 16.5. The van der Waals surface area contributed by atoms with E-state index in [1.165, 1.54) is 6.20 Å². The van der Waals surface area contributed by atoms with Gasteiger partial charge in [0.15, 0.2) is 0 Å². The van der Waals surface area contributed by atoms with Crippen molar-refractivity contribution in [2.45, 2.75) is 41.0 Å². The molecule has 0 amide bonds. The molecular formula is C10H23NO2. The van der Waals surface area contributed by atoms with Crippen molar-refractivity contribution in [3.63, 3.8) is 0 Å². The van der Waals surface area contributed by atoms with Crippen LogP contribution in [0.25, 0.3) is 0 Å². The molecule has 0 unspecified atom stereocenters. The number of nitrogens with two attached hydrogens (primary N) is 1. The lowest BCUT2D eigenvalue weighted by molar-refractivity contribution is -0.142. The third-order valence-corrected chi connectivity index (χ3v) is 0.726. The van der Waals surface area contributed by atoms with Crippen molar-refractivity contribution in [1.29, 1.82) is 0 Å². The Morgan fingerprint density at radius 1 is 1.31 bits per heavy atom. The summed E-state index contributed by atoms with van der Waals surface area (Å²) in [6.45, 7) is 10.2. The number of carbonyl (C=O) groups excluding carboxylic acids is 1. The second-order valence-corrected chi connectivity index (χ2v) is 1.44. The molecule has 0 saturated carbocycles. The Bertz CT molecular complexity index is 111. The summed E-state index contributed by atoms with van der Waals surface area (Å²) in [5, 5.41) is 0. The summed E-state index contributed by atoms with van der Waals surface area (Å²) < 4.78 is 4.60. The first-order valence-corrected chi connectivity index (χ1v) is 4.83. The van der Waals surface area contributed by atoms with E-state index in [-0.39, 0.29) is 12.4 Å². The molecule has 0 radical (unpaired) electrons. The summed E-state index contributed by atoms with van der Waals surface area (Å²) in [5.41, 5.74) is 4.98. The number of rotatable bonds is 3. The average Bonchev–Trinajstić information content (AvgIpc) is 2.21. The molecule has 0 heterocycles. The fourth-order valence-corrected chi connectivity index (χ4v) is 0.384. The predicted octanol–water partition coefficient (Wildman–Crippen LogP) is 2.46. The molecule has 3 heteroatoms. The van der Waals surface area contributed by atoms with Gasteiger partial charge in [0.05, 0.1) is 13.0 Å². The minimum Gasteiger partial charge on any atom is -0.466 e. The maximum atomic E-state index is 10.5. The van der Waals surface area contributed by atoms with E-state index in [1.54, 1.807) is 13.0 Å². The van der Waals surface area contributed by atoms with Crippen LogP contribution in [0.5, 0.6) is 0 Å². The predicted molar refractivity (Wildman–Crippen MR) is 57.3 cm³/mol. The maximum Gasteiger partial charge on any atom is 0.309 e. The molecule has 0 rings (SSSR count). The summed E-state index contributed by atoms with van der Waals surface area (Å²) in [7, 11) is 0. The van der Waals surface area contributed by atoms with Crippen molar-refractivity contribution in [2.75, 3.05) is 6.61 Å². The van der Waals surface area contributed by atoms with Crippen LogP contribution in [0.1, 0.15) is 41.0 Å². The van der Waals surface area contributed by atoms with Gasteiger partial charge in [-0.3, -0.25) is 4.79 Å². The first-order chi connectivity index (χ1) is 6.31. The second kappa shape index (κ2) is 22.5. The Morgan fingerprint density at radius 2 is 1.77 bits per heavy atom. The molecule has 13 heavy (non-hydrogen) atoms. The normalized spacial score (nSPS) is 7.77. The van der Waals surface area contributed by atoms with E-state index in [0.29, 0.717) is 6.61 Å². The first-order valence-electron chi connectivity index (χ1n) is 4.83. The van der Waals surface area contributed by atoms with E-state index in [1.807, 2.05) is 27.7 Å². The van der Waals surface area contributed by atoms with Crippen LogP contribution in [0, 0.1) is 0 Å². The third kappa shape index (κ3) is 24.7. The smallest absolute Gasteiger partial charge is 0.309 e. The molecule has 0 bridgehead atoms. The number of ether oxygens (including phenoxy) is 1. The van der Waals surface area contributed by atoms with Crippen LogP contribution in [0.3, 0.4) is 0 Å². The van der Waals surface area contributed by atoms with Crippen molar-refractivity contribution in [2.24, 2.45) is 5.73 Å². The number of esters is 1. The summed E-state index contributed by atoms with van der Waals surface area (Å²) in [4.78, 5) is 10.5. The highest BCUT2D eigenvalue weighted by Crippen LogP contribution is 1.85. The van der Waals surface area contributed by atoms with Crippen LogP contribution < -0.4 is 5.73 Å². The maximum absolute atomic E-state index is 10.5. The lowest BCUT2D eigenvalue weighted by Gasteiger charge is -1.95. The molecule has 0 atom stereocenters. The molecule has 0 fully saturated rings. The van der Waals surface area contributed by atoms with Crippen LogP contribution in [-0.4, -0.2) is 12.6 Å². The fraction of sp³-hybridized carbons (Fsp3) is 0.700. The molecule has 0 aromatic heterocycles. The van der Waals surface area contributed by atoms with Crippen LogP contribution in [0.15, 0.2) is 12.3 Å². The van der Waals surface area contributed by atoms with Gasteiger partial charge in [-0.05, 0) is 13.1 Å². The van der Waals surface area contributed by atoms with Gasteiger partial charge in [-0.1, -0.05) is 33.8 Å². The summed E-state index contributed by atoms with van der Waals surface area (Å²) in [6.07, 6.45) is 3.15. The van der Waals surface area contributed by atoms with E-state index in [2.05, 4.69) is 4.74 Å². The van der Waals surface area contributed by atoms with Crippen molar-refractivity contribution < 1.29 is 9.53 Å². The average molecular weight is 189 g/mol. The van der Waals surface area contributed by atoms with Gasteiger partial charge in [0, 0.05) is 0 Å². The van der Waals surface area contributed by atoms with Gasteiger partial charge in [0.25, 0.3) is 0 Å². The SMILES string of the molecule is CC.CC.CCOC(=O)C/C=C\N. The summed E-state index contributed by atoms with van der Waals surface area (Å²) in [6, 6.07) is 0. The molecule has 0 spiro atoms. The molecule has 0 saturated heterocycles. The van der Waals surface area contributed by atoms with Crippen LogP contribution in [0.2, 0.25) is 0 Å². The fourth-order valence-electron chi connectivity index (χ4n) is 0.384. The van der Waals surface area contributed by atoms with E-state index in [0.717, 1.165) is 0 Å². The largest absolute Gasteiger partial charge is 0.466 e. The van der Waals surface area contributed by atoms with Gasteiger partial charge in [-0.2, -0.15) is 0 Å². The minimum atomic E-state index is -0.237. The van der Waals surface area contributed by atoms with Gasteiger partial charge in [-0.25, -0.2) is 0 Å². The quantitative estimate of drug-likeness (QED) is 0.694. The Kier molecular flexibility index (Phi) is 31.0. The molecule has 0 aromatic rings. The van der Waals surface area contributed by atoms with Crippen LogP contribution in [0.4, 0.5) is 0 Å².